The van der Waals surface area contributed by atoms with E-state index >= 15 is 0 Å². The van der Waals surface area contributed by atoms with E-state index < -0.39 is 11.6 Å². The van der Waals surface area contributed by atoms with E-state index in [1.54, 1.807) is 29.5 Å². The molecule has 2 aromatic carbocycles. The van der Waals surface area contributed by atoms with Crippen molar-refractivity contribution < 1.29 is 14.1 Å². The van der Waals surface area contributed by atoms with Crippen LogP contribution in [-0.2, 0) is 22.6 Å². The molecule has 0 saturated carbocycles. The first-order valence-corrected chi connectivity index (χ1v) is 11.6. The van der Waals surface area contributed by atoms with Gasteiger partial charge in [0.25, 0.3) is 0 Å². The van der Waals surface area contributed by atoms with Crippen molar-refractivity contribution in [1.82, 2.24) is 30.7 Å². The highest BCUT2D eigenvalue weighted by Crippen LogP contribution is 2.31. The molecule has 0 unspecified atom stereocenters. The lowest BCUT2D eigenvalue weighted by Crippen LogP contribution is -2.56. The summed E-state index contributed by atoms with van der Waals surface area (Å²) in [5, 5.41) is 18.5. The fourth-order valence-corrected chi connectivity index (χ4v) is 4.19. The highest BCUT2D eigenvalue weighted by molar-refractivity contribution is 6.01. The van der Waals surface area contributed by atoms with Gasteiger partial charge in [-0.1, -0.05) is 41.6 Å². The Morgan fingerprint density at radius 1 is 1.17 bits per heavy atom. The lowest BCUT2D eigenvalue weighted by molar-refractivity contribution is -0.130. The van der Waals surface area contributed by atoms with Gasteiger partial charge in [0, 0.05) is 17.3 Å². The van der Waals surface area contributed by atoms with Gasteiger partial charge in [-0.05, 0) is 54.8 Å². The number of para-hydroxylation sites is 2. The molecule has 1 aliphatic rings. The van der Waals surface area contributed by atoms with Crippen LogP contribution < -0.4 is 16.0 Å². The Kier molecular flexibility index (Phi) is 6.06. The molecule has 0 aliphatic carbocycles. The Labute approximate surface area is 207 Å². The molecule has 3 heterocycles. The lowest BCUT2D eigenvalue weighted by Gasteiger charge is -2.27. The molecule has 0 saturated heterocycles. The van der Waals surface area contributed by atoms with Crippen LogP contribution in [0.5, 0.6) is 0 Å². The number of anilines is 1. The van der Waals surface area contributed by atoms with Crippen LogP contribution in [0.25, 0.3) is 16.9 Å². The van der Waals surface area contributed by atoms with Crippen molar-refractivity contribution in [2.24, 2.45) is 5.73 Å². The molecular weight excluding hydrogens is 460 g/mol. The van der Waals surface area contributed by atoms with Gasteiger partial charge in [-0.15, -0.1) is 5.10 Å². The van der Waals surface area contributed by atoms with Crippen molar-refractivity contribution in [3.05, 3.63) is 72.2 Å². The van der Waals surface area contributed by atoms with Gasteiger partial charge in [-0.25, -0.2) is 0 Å². The zero-order valence-electron chi connectivity index (χ0n) is 20.0. The minimum atomic E-state index is -1.10. The standard InChI is InChI=1S/C25H26N8O3/c1-25(2,26)24(35)28-19-12-11-16-7-3-5-9-21(16)32(23(19)34)14-17-13-20(29-36-17)18-8-4-6-10-22(18)33-15-27-30-31-33/h3-10,13,15,19H,11-12,14,26H2,1-2H3,(H,28,35)/t19-/m1/s1. The first-order valence-electron chi connectivity index (χ1n) is 11.6. The van der Waals surface area contributed by atoms with Crippen molar-refractivity contribution in [3.8, 4) is 16.9 Å². The third-order valence-corrected chi connectivity index (χ3v) is 6.09. The molecular formula is C25H26N8O3. The maximum atomic E-state index is 13.6. The zero-order valence-corrected chi connectivity index (χ0v) is 20.0. The summed E-state index contributed by atoms with van der Waals surface area (Å²) in [4.78, 5) is 27.8. The van der Waals surface area contributed by atoms with Crippen molar-refractivity contribution in [1.29, 1.82) is 0 Å². The molecule has 2 amide bonds. The predicted octanol–water partition coefficient (Wildman–Crippen LogP) is 2.02. The van der Waals surface area contributed by atoms with Crippen LogP contribution in [0.1, 0.15) is 31.6 Å². The second-order valence-corrected chi connectivity index (χ2v) is 9.29. The Bertz CT molecular complexity index is 1390. The molecule has 1 aliphatic heterocycles. The summed E-state index contributed by atoms with van der Waals surface area (Å²) >= 11 is 0. The van der Waals surface area contributed by atoms with Crippen molar-refractivity contribution >= 4 is 17.5 Å². The van der Waals surface area contributed by atoms with Gasteiger partial charge < -0.3 is 20.5 Å². The van der Waals surface area contributed by atoms with Crippen LogP contribution in [0.4, 0.5) is 5.69 Å². The van der Waals surface area contributed by atoms with Crippen molar-refractivity contribution in [2.45, 2.75) is 44.8 Å². The Balaban J connectivity index is 1.45. The number of hydrogen-bond acceptors (Lipinski definition) is 8. The van der Waals surface area contributed by atoms with Crippen LogP contribution in [0, 0.1) is 0 Å². The fourth-order valence-electron chi connectivity index (χ4n) is 4.19. The van der Waals surface area contributed by atoms with Gasteiger partial charge in [0.2, 0.25) is 11.8 Å². The molecule has 184 valence electrons. The summed E-state index contributed by atoms with van der Waals surface area (Å²) in [5.41, 5.74) is 8.74. The molecule has 2 aromatic heterocycles. The molecule has 5 rings (SSSR count). The summed E-state index contributed by atoms with van der Waals surface area (Å²) < 4.78 is 7.20. The van der Waals surface area contributed by atoms with Crippen LogP contribution in [0.2, 0.25) is 0 Å². The second kappa shape index (κ2) is 9.34. The number of aryl methyl sites for hydroxylation is 1. The number of carbonyl (C=O) groups excluding carboxylic acids is 2. The number of nitrogens with zero attached hydrogens (tertiary/aromatic N) is 6. The van der Waals surface area contributed by atoms with E-state index in [2.05, 4.69) is 26.0 Å². The first kappa shape index (κ1) is 23.4. The quantitative estimate of drug-likeness (QED) is 0.421. The maximum absolute atomic E-state index is 13.6. The molecule has 36 heavy (non-hydrogen) atoms. The summed E-state index contributed by atoms with van der Waals surface area (Å²) in [6.45, 7) is 3.37. The summed E-state index contributed by atoms with van der Waals surface area (Å²) in [6, 6.07) is 16.3. The van der Waals surface area contributed by atoms with Crippen LogP contribution in [-0.4, -0.2) is 48.8 Å². The number of hydrogen-bond donors (Lipinski definition) is 2. The number of nitrogens with two attached hydrogens (primary N) is 1. The average Bonchev–Trinajstić information content (AvgIpc) is 3.55. The number of rotatable bonds is 6. The van der Waals surface area contributed by atoms with Crippen LogP contribution in [0.15, 0.2) is 65.4 Å². The molecule has 4 aromatic rings. The van der Waals surface area contributed by atoms with E-state index in [1.807, 2.05) is 48.5 Å². The molecule has 0 spiro atoms. The van der Waals surface area contributed by atoms with E-state index in [0.717, 1.165) is 22.5 Å². The summed E-state index contributed by atoms with van der Waals surface area (Å²) in [6.07, 6.45) is 2.61. The molecule has 1 atom stereocenters. The molecule has 11 heteroatoms. The van der Waals surface area contributed by atoms with Crippen molar-refractivity contribution in [3.63, 3.8) is 0 Å². The van der Waals surface area contributed by atoms with Gasteiger partial charge in [0.05, 0.1) is 17.8 Å². The van der Waals surface area contributed by atoms with Gasteiger partial charge in [0.15, 0.2) is 5.76 Å². The Morgan fingerprint density at radius 2 is 1.92 bits per heavy atom. The summed E-state index contributed by atoms with van der Waals surface area (Å²) in [7, 11) is 0. The van der Waals surface area contributed by atoms with E-state index in [9.17, 15) is 9.59 Å². The minimum Gasteiger partial charge on any atom is -0.359 e. The number of tetrazole rings is 1. The molecule has 11 nitrogen and oxygen atoms in total. The van der Waals surface area contributed by atoms with Crippen molar-refractivity contribution in [2.75, 3.05) is 4.90 Å². The minimum absolute atomic E-state index is 0.147. The van der Waals surface area contributed by atoms with Gasteiger partial charge >= 0.3 is 0 Å². The smallest absolute Gasteiger partial charge is 0.249 e. The first-order chi connectivity index (χ1) is 17.3. The summed E-state index contributed by atoms with van der Waals surface area (Å²) in [5.74, 6) is -0.122. The highest BCUT2D eigenvalue weighted by Gasteiger charge is 2.34. The number of nitrogens with one attached hydrogen (secondary N) is 1. The Hall–Kier alpha value is -4.38. The molecule has 0 radical (unpaired) electrons. The number of benzene rings is 2. The molecule has 3 N–H and O–H groups in total. The lowest BCUT2D eigenvalue weighted by atomic mass is 10.0. The third-order valence-electron chi connectivity index (χ3n) is 6.09. The zero-order chi connectivity index (χ0) is 25.3. The normalized spacial score (nSPS) is 15.9. The van der Waals surface area contributed by atoms with E-state index in [0.29, 0.717) is 24.3 Å². The van der Waals surface area contributed by atoms with E-state index in [1.165, 1.54) is 6.33 Å². The predicted molar refractivity (Wildman–Crippen MR) is 131 cm³/mol. The van der Waals surface area contributed by atoms with Gasteiger partial charge in [-0.2, -0.15) is 4.68 Å². The molecule has 0 fully saturated rings. The number of aromatic nitrogens is 5. The second-order valence-electron chi connectivity index (χ2n) is 9.29. The Morgan fingerprint density at radius 3 is 2.67 bits per heavy atom. The maximum Gasteiger partial charge on any atom is 0.249 e. The fraction of sp³-hybridized carbons (Fsp3) is 0.280. The topological polar surface area (TPSA) is 145 Å². The molecule has 0 bridgehead atoms. The monoisotopic (exact) mass is 486 g/mol. The van der Waals surface area contributed by atoms with E-state index in [4.69, 9.17) is 10.3 Å². The van der Waals surface area contributed by atoms with Crippen LogP contribution >= 0.6 is 0 Å². The number of amides is 2. The van der Waals surface area contributed by atoms with Gasteiger partial charge in [-0.3, -0.25) is 9.59 Å². The number of fused-ring (bicyclic) bond motifs is 1. The average molecular weight is 487 g/mol. The van der Waals surface area contributed by atoms with Gasteiger partial charge in [0.1, 0.15) is 18.1 Å². The number of carbonyl (C=O) groups is 2. The SMILES string of the molecule is CC(C)(N)C(=O)N[C@@H]1CCc2ccccc2N(Cc2cc(-c3ccccc3-n3cnnn3)no2)C1=O. The van der Waals surface area contributed by atoms with E-state index in [-0.39, 0.29) is 18.4 Å². The highest BCUT2D eigenvalue weighted by atomic mass is 16.5. The van der Waals surface area contributed by atoms with Crippen LogP contribution in [0.3, 0.4) is 0 Å². The largest absolute Gasteiger partial charge is 0.359 e. The third kappa shape index (κ3) is 4.60.